The van der Waals surface area contributed by atoms with E-state index in [1.54, 1.807) is 17.4 Å². The average molecular weight is 261 g/mol. The summed E-state index contributed by atoms with van der Waals surface area (Å²) in [5.41, 5.74) is 2.12. The lowest BCUT2D eigenvalue weighted by molar-refractivity contribution is 0.619. The predicted molar refractivity (Wildman–Crippen MR) is 68.5 cm³/mol. The molecule has 1 aromatic heterocycles. The molecule has 3 nitrogen and oxygen atoms in total. The lowest BCUT2D eigenvalue weighted by Crippen LogP contribution is -2.12. The molecule has 2 rings (SSSR count). The third kappa shape index (κ3) is 3.36. The van der Waals surface area contributed by atoms with Gasteiger partial charge in [0.2, 0.25) is 0 Å². The topological polar surface area (TPSA) is 48.7 Å². The van der Waals surface area contributed by atoms with Gasteiger partial charge in [-0.05, 0) is 30.7 Å². The third-order valence-electron chi connectivity index (χ3n) is 2.36. The first-order valence-corrected chi connectivity index (χ1v) is 6.36. The van der Waals surface area contributed by atoms with Crippen molar-refractivity contribution in [2.75, 3.05) is 0 Å². The van der Waals surface area contributed by atoms with Crippen LogP contribution in [0, 0.1) is 24.1 Å². The van der Waals surface area contributed by atoms with Crippen molar-refractivity contribution in [3.05, 3.63) is 51.2 Å². The van der Waals surface area contributed by atoms with E-state index in [1.165, 1.54) is 12.1 Å². The zero-order chi connectivity index (χ0) is 13.0. The van der Waals surface area contributed by atoms with Gasteiger partial charge in [0, 0.05) is 24.2 Å². The summed E-state index contributed by atoms with van der Waals surface area (Å²) in [6, 6.07) is 6.29. The number of aromatic nitrogens is 1. The van der Waals surface area contributed by atoms with Gasteiger partial charge in [0.05, 0.1) is 11.6 Å². The van der Waals surface area contributed by atoms with Crippen LogP contribution in [-0.4, -0.2) is 4.98 Å². The predicted octanol–water partition coefficient (Wildman–Crippen LogP) is 2.75. The number of rotatable bonds is 4. The summed E-state index contributed by atoms with van der Waals surface area (Å²) in [5.74, 6) is -0.379. The van der Waals surface area contributed by atoms with Gasteiger partial charge in [0.1, 0.15) is 10.8 Å². The van der Waals surface area contributed by atoms with Gasteiger partial charge in [-0.25, -0.2) is 9.37 Å². The molecule has 0 bridgehead atoms. The zero-order valence-electron chi connectivity index (χ0n) is 9.90. The number of benzene rings is 1. The Hall–Kier alpha value is -1.77. The Labute approximate surface area is 109 Å². The monoisotopic (exact) mass is 261 g/mol. The molecule has 0 fully saturated rings. The molecular formula is C13H12FN3S. The van der Waals surface area contributed by atoms with Gasteiger partial charge in [-0.2, -0.15) is 5.26 Å². The van der Waals surface area contributed by atoms with Crippen LogP contribution in [0.1, 0.15) is 21.8 Å². The summed E-state index contributed by atoms with van der Waals surface area (Å²) in [6.45, 7) is 3.12. The highest BCUT2D eigenvalue weighted by molar-refractivity contribution is 7.09. The lowest BCUT2D eigenvalue weighted by Gasteiger charge is -2.03. The zero-order valence-corrected chi connectivity index (χ0v) is 10.7. The van der Waals surface area contributed by atoms with E-state index >= 15 is 0 Å². The van der Waals surface area contributed by atoms with E-state index in [1.807, 2.05) is 18.4 Å². The summed E-state index contributed by atoms with van der Waals surface area (Å²) >= 11 is 1.60. The summed E-state index contributed by atoms with van der Waals surface area (Å²) in [6.07, 6.45) is 0. The van der Waals surface area contributed by atoms with Crippen molar-refractivity contribution in [2.45, 2.75) is 20.0 Å². The normalized spacial score (nSPS) is 10.3. The molecule has 1 aromatic carbocycles. The van der Waals surface area contributed by atoms with Gasteiger partial charge in [-0.1, -0.05) is 0 Å². The van der Waals surface area contributed by atoms with E-state index in [9.17, 15) is 4.39 Å². The van der Waals surface area contributed by atoms with E-state index in [0.29, 0.717) is 18.7 Å². The van der Waals surface area contributed by atoms with Gasteiger partial charge >= 0.3 is 0 Å². The standard InChI is InChI=1S/C13H12FN3S/c1-9-8-18-13(17-9)7-16-6-11-2-10(5-15)3-12(14)4-11/h2-4,8,16H,6-7H2,1H3. The molecule has 0 atom stereocenters. The highest BCUT2D eigenvalue weighted by Gasteiger charge is 2.02. The molecule has 0 aliphatic rings. The van der Waals surface area contributed by atoms with Crippen LogP contribution in [-0.2, 0) is 13.1 Å². The molecule has 0 aliphatic heterocycles. The number of hydrogen-bond donors (Lipinski definition) is 1. The number of halogens is 1. The Balaban J connectivity index is 1.94. The largest absolute Gasteiger partial charge is 0.306 e. The van der Waals surface area contributed by atoms with Crippen LogP contribution in [0.2, 0.25) is 0 Å². The number of nitrogens with zero attached hydrogens (tertiary/aromatic N) is 2. The van der Waals surface area contributed by atoms with Gasteiger partial charge in [-0.3, -0.25) is 0 Å². The highest BCUT2D eigenvalue weighted by Crippen LogP contribution is 2.10. The van der Waals surface area contributed by atoms with Crippen molar-refractivity contribution < 1.29 is 4.39 Å². The maximum atomic E-state index is 13.2. The first kappa shape index (κ1) is 12.7. The first-order valence-electron chi connectivity index (χ1n) is 5.48. The molecular weight excluding hydrogens is 249 g/mol. The second-order valence-corrected chi connectivity index (χ2v) is 4.89. The maximum absolute atomic E-state index is 13.2. The Morgan fingerprint density at radius 3 is 2.89 bits per heavy atom. The Morgan fingerprint density at radius 1 is 1.39 bits per heavy atom. The Bertz CT molecular complexity index is 586. The first-order chi connectivity index (χ1) is 8.67. The van der Waals surface area contributed by atoms with Crippen molar-refractivity contribution in [1.29, 1.82) is 5.26 Å². The highest BCUT2D eigenvalue weighted by atomic mass is 32.1. The van der Waals surface area contributed by atoms with E-state index in [2.05, 4.69) is 10.3 Å². The minimum atomic E-state index is -0.379. The van der Waals surface area contributed by atoms with Crippen molar-refractivity contribution in [1.82, 2.24) is 10.3 Å². The van der Waals surface area contributed by atoms with E-state index in [0.717, 1.165) is 16.3 Å². The Morgan fingerprint density at radius 2 is 2.22 bits per heavy atom. The second-order valence-electron chi connectivity index (χ2n) is 3.95. The van der Waals surface area contributed by atoms with Gasteiger partial charge in [-0.15, -0.1) is 11.3 Å². The van der Waals surface area contributed by atoms with Crippen molar-refractivity contribution in [2.24, 2.45) is 0 Å². The second kappa shape index (κ2) is 5.71. The van der Waals surface area contributed by atoms with Crippen molar-refractivity contribution in [3.63, 3.8) is 0 Å². The molecule has 2 aromatic rings. The molecule has 92 valence electrons. The van der Waals surface area contributed by atoms with Crippen LogP contribution < -0.4 is 5.32 Å². The fourth-order valence-electron chi connectivity index (χ4n) is 1.61. The smallest absolute Gasteiger partial charge is 0.124 e. The Kier molecular flexibility index (Phi) is 4.03. The van der Waals surface area contributed by atoms with Crippen LogP contribution in [0.15, 0.2) is 23.6 Å². The number of hydrogen-bond acceptors (Lipinski definition) is 4. The molecule has 5 heteroatoms. The SMILES string of the molecule is Cc1csc(CNCc2cc(F)cc(C#N)c2)n1. The molecule has 0 spiro atoms. The molecule has 0 saturated heterocycles. The van der Waals surface area contributed by atoms with E-state index < -0.39 is 0 Å². The van der Waals surface area contributed by atoms with Gasteiger partial charge < -0.3 is 5.32 Å². The number of thiazole rings is 1. The molecule has 0 amide bonds. The summed E-state index contributed by atoms with van der Waals surface area (Å²) < 4.78 is 13.2. The van der Waals surface area contributed by atoms with Crippen LogP contribution >= 0.6 is 11.3 Å². The van der Waals surface area contributed by atoms with Crippen LogP contribution in [0.25, 0.3) is 0 Å². The molecule has 0 radical (unpaired) electrons. The van der Waals surface area contributed by atoms with Crippen molar-refractivity contribution in [3.8, 4) is 6.07 Å². The third-order valence-corrected chi connectivity index (χ3v) is 3.33. The summed E-state index contributed by atoms with van der Waals surface area (Å²) in [5, 5.41) is 14.9. The summed E-state index contributed by atoms with van der Waals surface area (Å²) in [4.78, 5) is 4.32. The molecule has 1 N–H and O–H groups in total. The minimum absolute atomic E-state index is 0.344. The fourth-order valence-corrected chi connectivity index (χ4v) is 2.36. The summed E-state index contributed by atoms with van der Waals surface area (Å²) in [7, 11) is 0. The fraction of sp³-hybridized carbons (Fsp3) is 0.231. The van der Waals surface area contributed by atoms with Crippen LogP contribution in [0.3, 0.4) is 0 Å². The molecule has 18 heavy (non-hydrogen) atoms. The van der Waals surface area contributed by atoms with Crippen LogP contribution in [0.4, 0.5) is 4.39 Å². The minimum Gasteiger partial charge on any atom is -0.306 e. The molecule has 0 saturated carbocycles. The molecule has 0 aliphatic carbocycles. The van der Waals surface area contributed by atoms with E-state index in [4.69, 9.17) is 5.26 Å². The maximum Gasteiger partial charge on any atom is 0.124 e. The lowest BCUT2D eigenvalue weighted by atomic mass is 10.1. The van der Waals surface area contributed by atoms with Gasteiger partial charge in [0.25, 0.3) is 0 Å². The van der Waals surface area contributed by atoms with Crippen LogP contribution in [0.5, 0.6) is 0 Å². The number of nitrogens with one attached hydrogen (secondary N) is 1. The van der Waals surface area contributed by atoms with E-state index in [-0.39, 0.29) is 5.82 Å². The molecule has 1 heterocycles. The quantitative estimate of drug-likeness (QED) is 0.920. The molecule has 0 unspecified atom stereocenters. The average Bonchev–Trinajstić information content (AvgIpc) is 2.74. The number of nitriles is 1. The number of aryl methyl sites for hydroxylation is 1. The van der Waals surface area contributed by atoms with Gasteiger partial charge in [0.15, 0.2) is 0 Å². The van der Waals surface area contributed by atoms with Crippen molar-refractivity contribution >= 4 is 11.3 Å².